The maximum absolute atomic E-state index is 3.79. The Hall–Kier alpha value is -0.340. The third-order valence-electron chi connectivity index (χ3n) is 4.57. The average Bonchev–Trinajstić information content (AvgIpc) is 2.88. The lowest BCUT2D eigenvalue weighted by Crippen LogP contribution is -2.33. The molecular weight excluding hydrogens is 238 g/mol. The molecule has 0 radical (unpaired) electrons. The van der Waals surface area contributed by atoms with Crippen molar-refractivity contribution in [2.45, 2.75) is 52.5 Å². The molecule has 4 atom stereocenters. The first-order chi connectivity index (χ1) is 8.72. The summed E-state index contributed by atoms with van der Waals surface area (Å²) < 4.78 is 0. The Morgan fingerprint density at radius 1 is 1.33 bits per heavy atom. The van der Waals surface area contributed by atoms with Gasteiger partial charge in [-0.2, -0.15) is 0 Å². The van der Waals surface area contributed by atoms with Crippen LogP contribution in [0.2, 0.25) is 0 Å². The number of thiophene rings is 1. The molecule has 0 saturated heterocycles. The van der Waals surface area contributed by atoms with E-state index in [0.717, 1.165) is 24.3 Å². The van der Waals surface area contributed by atoms with Crippen LogP contribution in [0.1, 0.15) is 57.4 Å². The molecule has 0 spiro atoms. The first kappa shape index (κ1) is 14.1. The first-order valence-corrected chi connectivity index (χ1v) is 8.37. The van der Waals surface area contributed by atoms with Gasteiger partial charge in [-0.1, -0.05) is 33.3 Å². The predicted molar refractivity (Wildman–Crippen MR) is 81.0 cm³/mol. The van der Waals surface area contributed by atoms with Crippen LogP contribution >= 0.6 is 11.3 Å². The third kappa shape index (κ3) is 3.36. The fraction of sp³-hybridized carbons (Fsp3) is 0.750. The molecule has 0 bridgehead atoms. The fourth-order valence-electron chi connectivity index (χ4n) is 3.16. The topological polar surface area (TPSA) is 12.0 Å². The van der Waals surface area contributed by atoms with E-state index in [-0.39, 0.29) is 0 Å². The number of nitrogens with one attached hydrogen (secondary N) is 1. The van der Waals surface area contributed by atoms with Gasteiger partial charge >= 0.3 is 0 Å². The van der Waals surface area contributed by atoms with Crippen molar-refractivity contribution >= 4 is 11.3 Å². The largest absolute Gasteiger partial charge is 0.309 e. The number of rotatable bonds is 5. The van der Waals surface area contributed by atoms with Crippen LogP contribution in [0, 0.1) is 17.8 Å². The van der Waals surface area contributed by atoms with Gasteiger partial charge in [0.1, 0.15) is 0 Å². The molecule has 1 fully saturated rings. The van der Waals surface area contributed by atoms with E-state index >= 15 is 0 Å². The maximum Gasteiger partial charge on any atom is 0.0443 e. The van der Waals surface area contributed by atoms with Crippen LogP contribution in [0.4, 0.5) is 0 Å². The van der Waals surface area contributed by atoms with Crippen LogP contribution < -0.4 is 5.32 Å². The molecular formula is C16H27NS. The Balaban J connectivity index is 2.04. The SMILES string of the molecule is CCCNC(c1cccs1)C1CCC(C)C(C)C1. The second-order valence-corrected chi connectivity index (χ2v) is 6.95. The Kier molecular flexibility index (Phi) is 5.25. The van der Waals surface area contributed by atoms with Crippen LogP contribution in [0.25, 0.3) is 0 Å². The highest BCUT2D eigenvalue weighted by molar-refractivity contribution is 7.10. The average molecular weight is 265 g/mol. The second kappa shape index (κ2) is 6.72. The fourth-order valence-corrected chi connectivity index (χ4v) is 4.05. The summed E-state index contributed by atoms with van der Waals surface area (Å²) in [7, 11) is 0. The van der Waals surface area contributed by atoms with Gasteiger partial charge in [-0.25, -0.2) is 0 Å². The standard InChI is InChI=1S/C16H27NS/c1-4-9-17-16(15-6-5-10-18-15)14-8-7-12(2)13(3)11-14/h5-6,10,12-14,16-17H,4,7-9,11H2,1-3H3. The van der Waals surface area contributed by atoms with Crippen molar-refractivity contribution in [3.8, 4) is 0 Å². The second-order valence-electron chi connectivity index (χ2n) is 5.97. The first-order valence-electron chi connectivity index (χ1n) is 7.49. The van der Waals surface area contributed by atoms with Crippen LogP contribution in [0.3, 0.4) is 0 Å². The van der Waals surface area contributed by atoms with Crippen molar-refractivity contribution in [1.82, 2.24) is 5.32 Å². The molecule has 1 aromatic rings. The highest BCUT2D eigenvalue weighted by atomic mass is 32.1. The zero-order valence-corrected chi connectivity index (χ0v) is 12.8. The van der Waals surface area contributed by atoms with E-state index in [1.54, 1.807) is 0 Å². The summed E-state index contributed by atoms with van der Waals surface area (Å²) in [6.45, 7) is 8.25. The normalized spacial score (nSPS) is 30.3. The molecule has 2 heteroatoms. The summed E-state index contributed by atoms with van der Waals surface area (Å²) in [4.78, 5) is 1.54. The van der Waals surface area contributed by atoms with E-state index in [0.29, 0.717) is 6.04 Å². The third-order valence-corrected chi connectivity index (χ3v) is 5.53. The lowest BCUT2D eigenvalue weighted by Gasteiger charge is -2.37. The Morgan fingerprint density at radius 3 is 2.78 bits per heavy atom. The molecule has 2 rings (SSSR count). The van der Waals surface area contributed by atoms with Gasteiger partial charge in [-0.3, -0.25) is 0 Å². The molecule has 4 unspecified atom stereocenters. The molecule has 102 valence electrons. The van der Waals surface area contributed by atoms with Gasteiger partial charge in [0.2, 0.25) is 0 Å². The van der Waals surface area contributed by atoms with Crippen LogP contribution in [-0.4, -0.2) is 6.54 Å². The minimum atomic E-state index is 0.597. The molecule has 1 aliphatic rings. The van der Waals surface area contributed by atoms with Gasteiger partial charge in [0.15, 0.2) is 0 Å². The summed E-state index contributed by atoms with van der Waals surface area (Å²) in [6, 6.07) is 5.09. The van der Waals surface area contributed by atoms with Crippen molar-refractivity contribution in [3.05, 3.63) is 22.4 Å². The molecule has 1 N–H and O–H groups in total. The lowest BCUT2D eigenvalue weighted by molar-refractivity contribution is 0.172. The van der Waals surface area contributed by atoms with Gasteiger partial charge < -0.3 is 5.32 Å². The molecule has 0 amide bonds. The molecule has 0 aliphatic heterocycles. The smallest absolute Gasteiger partial charge is 0.0443 e. The highest BCUT2D eigenvalue weighted by Gasteiger charge is 2.31. The van der Waals surface area contributed by atoms with Gasteiger partial charge in [0, 0.05) is 10.9 Å². The van der Waals surface area contributed by atoms with Crippen molar-refractivity contribution in [2.75, 3.05) is 6.54 Å². The zero-order valence-electron chi connectivity index (χ0n) is 12.0. The van der Waals surface area contributed by atoms with Crippen molar-refractivity contribution in [2.24, 2.45) is 17.8 Å². The van der Waals surface area contributed by atoms with Crippen molar-refractivity contribution in [1.29, 1.82) is 0 Å². The maximum atomic E-state index is 3.79. The monoisotopic (exact) mass is 265 g/mol. The summed E-state index contributed by atoms with van der Waals surface area (Å²) in [5, 5.41) is 6.00. The minimum Gasteiger partial charge on any atom is -0.309 e. The summed E-state index contributed by atoms with van der Waals surface area (Å²) in [5.41, 5.74) is 0. The molecule has 18 heavy (non-hydrogen) atoms. The summed E-state index contributed by atoms with van der Waals surface area (Å²) in [5.74, 6) is 2.63. The van der Waals surface area contributed by atoms with E-state index < -0.39 is 0 Å². The molecule has 1 aromatic heterocycles. The predicted octanol–water partition coefficient (Wildman–Crippen LogP) is 4.86. The molecule has 1 nitrogen and oxygen atoms in total. The lowest BCUT2D eigenvalue weighted by atomic mass is 9.73. The Bertz CT molecular complexity index is 333. The summed E-state index contributed by atoms with van der Waals surface area (Å²) in [6.07, 6.45) is 5.41. The van der Waals surface area contributed by atoms with Crippen LogP contribution in [0.5, 0.6) is 0 Å². The molecule has 1 heterocycles. The van der Waals surface area contributed by atoms with Crippen molar-refractivity contribution in [3.63, 3.8) is 0 Å². The van der Waals surface area contributed by atoms with Gasteiger partial charge in [-0.15, -0.1) is 11.3 Å². The van der Waals surface area contributed by atoms with E-state index in [1.807, 2.05) is 11.3 Å². The van der Waals surface area contributed by atoms with E-state index in [4.69, 9.17) is 0 Å². The molecule has 0 aromatic carbocycles. The van der Waals surface area contributed by atoms with Gasteiger partial charge in [0.05, 0.1) is 0 Å². The van der Waals surface area contributed by atoms with Gasteiger partial charge in [-0.05, 0) is 55.0 Å². The van der Waals surface area contributed by atoms with Crippen LogP contribution in [-0.2, 0) is 0 Å². The Labute approximate surface area is 116 Å². The molecule has 1 aliphatic carbocycles. The summed E-state index contributed by atoms with van der Waals surface area (Å²) >= 11 is 1.91. The van der Waals surface area contributed by atoms with Crippen LogP contribution in [0.15, 0.2) is 17.5 Å². The highest BCUT2D eigenvalue weighted by Crippen LogP contribution is 2.40. The Morgan fingerprint density at radius 2 is 2.17 bits per heavy atom. The van der Waals surface area contributed by atoms with E-state index in [9.17, 15) is 0 Å². The zero-order chi connectivity index (χ0) is 13.0. The minimum absolute atomic E-state index is 0.597. The molecule has 1 saturated carbocycles. The number of hydrogen-bond donors (Lipinski definition) is 1. The van der Waals surface area contributed by atoms with E-state index in [2.05, 4.69) is 43.6 Å². The quantitative estimate of drug-likeness (QED) is 0.801. The number of hydrogen-bond acceptors (Lipinski definition) is 2. The van der Waals surface area contributed by atoms with E-state index in [1.165, 1.54) is 30.6 Å². The van der Waals surface area contributed by atoms with Gasteiger partial charge in [0.25, 0.3) is 0 Å². The van der Waals surface area contributed by atoms with Crippen molar-refractivity contribution < 1.29 is 0 Å².